The summed E-state index contributed by atoms with van der Waals surface area (Å²) in [5, 5.41) is 9.75. The van der Waals surface area contributed by atoms with Crippen LogP contribution in [0.1, 0.15) is 81.0 Å². The monoisotopic (exact) mass is 482 g/mol. The highest BCUT2D eigenvalue weighted by atomic mass is 16.5. The van der Waals surface area contributed by atoms with Gasteiger partial charge >= 0.3 is 5.97 Å². The van der Waals surface area contributed by atoms with Gasteiger partial charge < -0.3 is 9.47 Å². The minimum absolute atomic E-state index is 0.0505. The summed E-state index contributed by atoms with van der Waals surface area (Å²) >= 11 is 0. The lowest BCUT2D eigenvalue weighted by atomic mass is 9.88. The third kappa shape index (κ3) is 4.94. The first-order valence-corrected chi connectivity index (χ1v) is 12.6. The first-order chi connectivity index (χ1) is 17.5. The van der Waals surface area contributed by atoms with Gasteiger partial charge in [0.15, 0.2) is 0 Å². The van der Waals surface area contributed by atoms with Crippen LogP contribution in [0.15, 0.2) is 60.9 Å². The molecule has 0 radical (unpaired) electrons. The molecule has 7 heteroatoms. The van der Waals surface area contributed by atoms with Gasteiger partial charge in [0, 0.05) is 30.3 Å². The van der Waals surface area contributed by atoms with Gasteiger partial charge in [-0.15, -0.1) is 0 Å². The molecule has 1 aromatic carbocycles. The average Bonchev–Trinajstić information content (AvgIpc) is 3.50. The normalized spacial score (nSPS) is 21.7. The molecule has 0 saturated heterocycles. The van der Waals surface area contributed by atoms with E-state index in [4.69, 9.17) is 9.47 Å². The highest BCUT2D eigenvalue weighted by Gasteiger charge is 2.63. The zero-order valence-electron chi connectivity index (χ0n) is 20.6. The summed E-state index contributed by atoms with van der Waals surface area (Å²) in [5.74, 6) is 1.47. The Morgan fingerprint density at radius 3 is 2.44 bits per heavy atom. The second-order valence-corrected chi connectivity index (χ2v) is 10.2. The maximum absolute atomic E-state index is 13.2. The average molecular weight is 483 g/mol. The molecule has 7 nitrogen and oxygen atoms in total. The molecule has 2 heterocycles. The van der Waals surface area contributed by atoms with E-state index in [0.717, 1.165) is 24.2 Å². The van der Waals surface area contributed by atoms with Gasteiger partial charge in [-0.1, -0.05) is 57.4 Å². The van der Waals surface area contributed by atoms with Gasteiger partial charge in [0.05, 0.1) is 11.6 Å². The third-order valence-electron chi connectivity index (χ3n) is 7.43. The molecule has 2 aliphatic carbocycles. The number of ether oxygens (including phenoxy) is 2. The van der Waals surface area contributed by atoms with E-state index in [0.29, 0.717) is 23.2 Å². The van der Waals surface area contributed by atoms with Gasteiger partial charge in [0.2, 0.25) is 12.0 Å². The predicted octanol–water partition coefficient (Wildman–Crippen LogP) is 6.26. The SMILES string of the molecule is CC1(C)[C@H](C(=O)OC(C#N)c2cccc(Oc3ccccc3)n2)[C@H]1c1cnc(C2CCCCC2)nc1. The lowest BCUT2D eigenvalue weighted by Crippen LogP contribution is -2.15. The number of carbonyl (C=O) groups excluding carboxylic acids is 1. The Morgan fingerprint density at radius 1 is 1.03 bits per heavy atom. The van der Waals surface area contributed by atoms with Crippen LogP contribution in [0.25, 0.3) is 0 Å². The quantitative estimate of drug-likeness (QED) is 0.367. The van der Waals surface area contributed by atoms with Crippen molar-refractivity contribution in [3.8, 4) is 17.7 Å². The zero-order valence-corrected chi connectivity index (χ0v) is 20.6. The summed E-state index contributed by atoms with van der Waals surface area (Å²) in [6.07, 6.45) is 8.64. The van der Waals surface area contributed by atoms with E-state index in [2.05, 4.69) is 21.0 Å². The maximum Gasteiger partial charge on any atom is 0.311 e. The van der Waals surface area contributed by atoms with Crippen molar-refractivity contribution in [3.63, 3.8) is 0 Å². The van der Waals surface area contributed by atoms with Crippen molar-refractivity contribution in [1.29, 1.82) is 5.26 Å². The van der Waals surface area contributed by atoms with Crippen LogP contribution in [0.4, 0.5) is 0 Å². The van der Waals surface area contributed by atoms with Gasteiger partial charge in [0.25, 0.3) is 0 Å². The van der Waals surface area contributed by atoms with Crippen molar-refractivity contribution in [2.45, 2.75) is 63.9 Å². The van der Waals surface area contributed by atoms with Crippen LogP contribution in [0, 0.1) is 22.7 Å². The van der Waals surface area contributed by atoms with Gasteiger partial charge in [-0.25, -0.2) is 15.0 Å². The van der Waals surface area contributed by atoms with Crippen molar-refractivity contribution in [2.75, 3.05) is 0 Å². The molecule has 1 unspecified atom stereocenters. The number of nitriles is 1. The van der Waals surface area contributed by atoms with Crippen LogP contribution in [-0.4, -0.2) is 20.9 Å². The lowest BCUT2D eigenvalue weighted by Gasteiger charge is -2.20. The molecule has 3 aromatic rings. The molecular formula is C29H30N4O3. The van der Waals surface area contributed by atoms with E-state index in [1.165, 1.54) is 19.3 Å². The van der Waals surface area contributed by atoms with Gasteiger partial charge in [-0.3, -0.25) is 4.79 Å². The minimum Gasteiger partial charge on any atom is -0.440 e. The van der Waals surface area contributed by atoms with E-state index in [9.17, 15) is 10.1 Å². The number of esters is 1. The Labute approximate surface area is 211 Å². The number of aromatic nitrogens is 3. The summed E-state index contributed by atoms with van der Waals surface area (Å²) in [7, 11) is 0. The highest BCUT2D eigenvalue weighted by Crippen LogP contribution is 2.64. The number of rotatable bonds is 7. The van der Waals surface area contributed by atoms with E-state index in [-0.39, 0.29) is 17.3 Å². The Kier molecular flexibility index (Phi) is 6.69. The Hall–Kier alpha value is -3.79. The number of nitrogens with zero attached hydrogens (tertiary/aromatic N) is 4. The molecule has 5 rings (SSSR count). The first kappa shape index (κ1) is 23.9. The smallest absolute Gasteiger partial charge is 0.311 e. The van der Waals surface area contributed by atoms with Crippen molar-refractivity contribution in [3.05, 3.63) is 78.0 Å². The molecule has 0 bridgehead atoms. The molecule has 36 heavy (non-hydrogen) atoms. The van der Waals surface area contributed by atoms with E-state index in [1.807, 2.05) is 56.6 Å². The summed E-state index contributed by atoms with van der Waals surface area (Å²) < 4.78 is 11.4. The molecule has 0 amide bonds. The van der Waals surface area contributed by atoms with Crippen molar-refractivity contribution in [2.24, 2.45) is 11.3 Å². The van der Waals surface area contributed by atoms with Crippen molar-refractivity contribution >= 4 is 5.97 Å². The molecule has 2 aliphatic rings. The van der Waals surface area contributed by atoms with Gasteiger partial charge in [-0.05, 0) is 42.0 Å². The molecule has 3 atom stereocenters. The Morgan fingerprint density at radius 2 is 1.75 bits per heavy atom. The van der Waals surface area contributed by atoms with Crippen LogP contribution < -0.4 is 4.74 Å². The Bertz CT molecular complexity index is 1250. The number of para-hydroxylation sites is 1. The number of pyridine rings is 1. The van der Waals surface area contributed by atoms with Crippen molar-refractivity contribution in [1.82, 2.24) is 15.0 Å². The van der Waals surface area contributed by atoms with Gasteiger partial charge in [0.1, 0.15) is 17.6 Å². The van der Waals surface area contributed by atoms with Crippen LogP contribution in [0.3, 0.4) is 0 Å². The van der Waals surface area contributed by atoms with E-state index < -0.39 is 12.1 Å². The molecular weight excluding hydrogens is 452 g/mol. The molecule has 0 spiro atoms. The fraction of sp³-hybridized carbons (Fsp3) is 0.414. The predicted molar refractivity (Wildman–Crippen MR) is 133 cm³/mol. The molecule has 0 aliphatic heterocycles. The fourth-order valence-electron chi connectivity index (χ4n) is 5.37. The summed E-state index contributed by atoms with van der Waals surface area (Å²) in [6.45, 7) is 4.07. The fourth-order valence-corrected chi connectivity index (χ4v) is 5.37. The molecule has 184 valence electrons. The maximum atomic E-state index is 13.2. The van der Waals surface area contributed by atoms with Crippen LogP contribution in [0.5, 0.6) is 11.6 Å². The van der Waals surface area contributed by atoms with Crippen LogP contribution in [-0.2, 0) is 9.53 Å². The number of benzene rings is 1. The lowest BCUT2D eigenvalue weighted by molar-refractivity contribution is -0.149. The Balaban J connectivity index is 1.26. The summed E-state index contributed by atoms with van der Waals surface area (Å²) in [6, 6.07) is 16.4. The van der Waals surface area contributed by atoms with Crippen LogP contribution >= 0.6 is 0 Å². The van der Waals surface area contributed by atoms with Crippen LogP contribution in [0.2, 0.25) is 0 Å². The molecule has 2 fully saturated rings. The standard InChI is InChI=1S/C29H30N4O3/c1-29(2)25(20-17-31-27(32-18-20)19-10-5-3-6-11-19)26(29)28(34)36-23(16-30)22-14-9-15-24(33-22)35-21-12-7-4-8-13-21/h4,7-9,12-15,17-19,23,25-26H,3,5-6,10-11H2,1-2H3/t23?,25-,26+/m1/s1. The summed E-state index contributed by atoms with van der Waals surface area (Å²) in [4.78, 5) is 26.9. The second kappa shape index (κ2) is 10.1. The zero-order chi connectivity index (χ0) is 25.1. The first-order valence-electron chi connectivity index (χ1n) is 12.6. The van der Waals surface area contributed by atoms with E-state index >= 15 is 0 Å². The largest absolute Gasteiger partial charge is 0.440 e. The number of hydrogen-bond donors (Lipinski definition) is 0. The number of carbonyl (C=O) groups is 1. The minimum atomic E-state index is -1.13. The van der Waals surface area contributed by atoms with Gasteiger partial charge in [-0.2, -0.15) is 5.26 Å². The van der Waals surface area contributed by atoms with Crippen molar-refractivity contribution < 1.29 is 14.3 Å². The molecule has 2 saturated carbocycles. The third-order valence-corrected chi connectivity index (χ3v) is 7.43. The molecule has 0 N–H and O–H groups in total. The second-order valence-electron chi connectivity index (χ2n) is 10.2. The molecule has 2 aromatic heterocycles. The van der Waals surface area contributed by atoms with E-state index in [1.54, 1.807) is 18.2 Å². The topological polar surface area (TPSA) is 98.0 Å². The highest BCUT2D eigenvalue weighted by molar-refractivity contribution is 5.80. The number of hydrogen-bond acceptors (Lipinski definition) is 7. The summed E-state index contributed by atoms with van der Waals surface area (Å²) in [5.41, 5.74) is 0.958.